The molecular weight excluding hydrogens is 290 g/mol. The third-order valence-corrected chi connectivity index (χ3v) is 3.24. The van der Waals surface area contributed by atoms with E-state index >= 15 is 0 Å². The van der Waals surface area contributed by atoms with E-state index in [-0.39, 0.29) is 10.7 Å². The summed E-state index contributed by atoms with van der Waals surface area (Å²) in [4.78, 5) is 10.3. The molecule has 0 aliphatic heterocycles. The standard InChI is InChI=1S/C15H12ClN3O2/c16-14-5-4-13(7-15(14)19(20)21)10-18-9-12-3-1-2-11(6-12)8-17/h1-7,18H,9-10H2. The van der Waals surface area contributed by atoms with Gasteiger partial charge in [0.2, 0.25) is 0 Å². The lowest BCUT2D eigenvalue weighted by Gasteiger charge is -2.06. The van der Waals surface area contributed by atoms with Crippen molar-refractivity contribution in [2.45, 2.75) is 13.1 Å². The third kappa shape index (κ3) is 4.02. The van der Waals surface area contributed by atoms with Crippen LogP contribution >= 0.6 is 11.6 Å². The maximum Gasteiger partial charge on any atom is 0.288 e. The van der Waals surface area contributed by atoms with E-state index in [2.05, 4.69) is 11.4 Å². The summed E-state index contributed by atoms with van der Waals surface area (Å²) in [5.41, 5.74) is 2.28. The maximum absolute atomic E-state index is 10.8. The average molecular weight is 302 g/mol. The minimum atomic E-state index is -0.498. The van der Waals surface area contributed by atoms with Crippen LogP contribution < -0.4 is 5.32 Å². The lowest BCUT2D eigenvalue weighted by molar-refractivity contribution is -0.384. The zero-order chi connectivity index (χ0) is 15.2. The highest BCUT2D eigenvalue weighted by Crippen LogP contribution is 2.24. The third-order valence-electron chi connectivity index (χ3n) is 2.92. The number of halogens is 1. The topological polar surface area (TPSA) is 79.0 Å². The highest BCUT2D eigenvalue weighted by Gasteiger charge is 2.12. The number of nitro groups is 1. The van der Waals surface area contributed by atoms with Crippen molar-refractivity contribution in [1.29, 1.82) is 5.26 Å². The summed E-state index contributed by atoms with van der Waals surface area (Å²) in [7, 11) is 0. The molecule has 0 saturated carbocycles. The first-order valence-electron chi connectivity index (χ1n) is 6.22. The first kappa shape index (κ1) is 15.0. The van der Waals surface area contributed by atoms with Gasteiger partial charge in [0.25, 0.3) is 5.69 Å². The number of nitriles is 1. The van der Waals surface area contributed by atoms with Gasteiger partial charge in [0.05, 0.1) is 16.6 Å². The zero-order valence-electron chi connectivity index (χ0n) is 11.0. The Morgan fingerprint density at radius 2 is 1.90 bits per heavy atom. The van der Waals surface area contributed by atoms with Crippen molar-refractivity contribution in [2.75, 3.05) is 0 Å². The second kappa shape index (κ2) is 6.84. The van der Waals surface area contributed by atoms with Crippen LogP contribution in [0.2, 0.25) is 5.02 Å². The predicted molar refractivity (Wildman–Crippen MR) is 79.8 cm³/mol. The molecule has 0 heterocycles. The molecule has 0 spiro atoms. The molecule has 0 fully saturated rings. The number of benzene rings is 2. The normalized spacial score (nSPS) is 10.1. The Kier molecular flexibility index (Phi) is 4.88. The number of rotatable bonds is 5. The van der Waals surface area contributed by atoms with Crippen molar-refractivity contribution in [3.63, 3.8) is 0 Å². The van der Waals surface area contributed by atoms with Gasteiger partial charge in [0.15, 0.2) is 0 Å². The van der Waals surface area contributed by atoms with Crippen molar-refractivity contribution in [3.8, 4) is 6.07 Å². The summed E-state index contributed by atoms with van der Waals surface area (Å²) in [5.74, 6) is 0. The summed E-state index contributed by atoms with van der Waals surface area (Å²) >= 11 is 5.76. The van der Waals surface area contributed by atoms with E-state index in [1.807, 2.05) is 12.1 Å². The van der Waals surface area contributed by atoms with Crippen LogP contribution in [0.15, 0.2) is 42.5 Å². The molecule has 106 valence electrons. The van der Waals surface area contributed by atoms with Gasteiger partial charge in [-0.25, -0.2) is 0 Å². The van der Waals surface area contributed by atoms with Gasteiger partial charge in [-0.2, -0.15) is 5.26 Å². The number of nitrogens with zero attached hydrogens (tertiary/aromatic N) is 2. The SMILES string of the molecule is N#Cc1cccc(CNCc2ccc(Cl)c([N+](=O)[O-])c2)c1. The quantitative estimate of drug-likeness (QED) is 0.678. The smallest absolute Gasteiger partial charge is 0.288 e. The minimum absolute atomic E-state index is 0.0950. The van der Waals surface area contributed by atoms with Gasteiger partial charge in [0.1, 0.15) is 5.02 Å². The molecule has 0 atom stereocenters. The van der Waals surface area contributed by atoms with Crippen LogP contribution in [0.4, 0.5) is 5.69 Å². The molecule has 2 rings (SSSR count). The summed E-state index contributed by atoms with van der Waals surface area (Å²) in [6.07, 6.45) is 0. The van der Waals surface area contributed by atoms with Gasteiger partial charge in [-0.3, -0.25) is 10.1 Å². The molecule has 2 aromatic rings. The molecule has 0 radical (unpaired) electrons. The van der Waals surface area contributed by atoms with E-state index in [1.54, 1.807) is 18.2 Å². The average Bonchev–Trinajstić information content (AvgIpc) is 2.49. The van der Waals surface area contributed by atoms with E-state index in [0.29, 0.717) is 18.7 Å². The second-order valence-electron chi connectivity index (χ2n) is 4.46. The maximum atomic E-state index is 10.8. The van der Waals surface area contributed by atoms with Crippen LogP contribution in [0.1, 0.15) is 16.7 Å². The largest absolute Gasteiger partial charge is 0.309 e. The first-order valence-corrected chi connectivity index (χ1v) is 6.60. The molecule has 2 aromatic carbocycles. The Labute approximate surface area is 126 Å². The van der Waals surface area contributed by atoms with Gasteiger partial charge < -0.3 is 5.32 Å². The monoisotopic (exact) mass is 301 g/mol. The summed E-state index contributed by atoms with van der Waals surface area (Å²) < 4.78 is 0. The molecule has 0 aromatic heterocycles. The highest BCUT2D eigenvalue weighted by atomic mass is 35.5. The second-order valence-corrected chi connectivity index (χ2v) is 4.87. The first-order chi connectivity index (χ1) is 10.1. The molecule has 0 unspecified atom stereocenters. The molecule has 0 aliphatic carbocycles. The molecule has 0 amide bonds. The lowest BCUT2D eigenvalue weighted by atomic mass is 10.1. The van der Waals surface area contributed by atoms with Crippen molar-refractivity contribution in [1.82, 2.24) is 5.32 Å². The Morgan fingerprint density at radius 3 is 2.57 bits per heavy atom. The molecule has 0 saturated heterocycles. The van der Waals surface area contributed by atoms with E-state index < -0.39 is 4.92 Å². The van der Waals surface area contributed by atoms with Crippen molar-refractivity contribution >= 4 is 17.3 Å². The highest BCUT2D eigenvalue weighted by molar-refractivity contribution is 6.32. The fraction of sp³-hybridized carbons (Fsp3) is 0.133. The van der Waals surface area contributed by atoms with E-state index in [9.17, 15) is 10.1 Å². The number of nitrogens with one attached hydrogen (secondary N) is 1. The summed E-state index contributed by atoms with van der Waals surface area (Å²) in [6, 6.07) is 14.1. The van der Waals surface area contributed by atoms with Crippen LogP contribution in [-0.4, -0.2) is 4.92 Å². The van der Waals surface area contributed by atoms with E-state index in [0.717, 1.165) is 11.1 Å². The predicted octanol–water partition coefficient (Wildman–Crippen LogP) is 3.41. The molecule has 0 aliphatic rings. The van der Waals surface area contributed by atoms with Crippen LogP contribution in [0, 0.1) is 21.4 Å². The minimum Gasteiger partial charge on any atom is -0.309 e. The summed E-state index contributed by atoms with van der Waals surface area (Å²) in [5, 5.41) is 22.9. The molecular formula is C15H12ClN3O2. The fourth-order valence-corrected chi connectivity index (χ4v) is 2.10. The van der Waals surface area contributed by atoms with Gasteiger partial charge in [-0.05, 0) is 29.3 Å². The molecule has 5 nitrogen and oxygen atoms in total. The van der Waals surface area contributed by atoms with E-state index in [1.165, 1.54) is 12.1 Å². The Bertz CT molecular complexity index is 710. The molecule has 6 heteroatoms. The van der Waals surface area contributed by atoms with Crippen molar-refractivity contribution < 1.29 is 4.92 Å². The van der Waals surface area contributed by atoms with Crippen molar-refractivity contribution in [2.24, 2.45) is 0 Å². The molecule has 0 bridgehead atoms. The van der Waals surface area contributed by atoms with Gasteiger partial charge in [0, 0.05) is 19.2 Å². The zero-order valence-corrected chi connectivity index (χ0v) is 11.8. The van der Waals surface area contributed by atoms with Crippen molar-refractivity contribution in [3.05, 3.63) is 74.3 Å². The van der Waals surface area contributed by atoms with Crippen LogP contribution in [0.5, 0.6) is 0 Å². The number of hydrogen-bond acceptors (Lipinski definition) is 4. The van der Waals surface area contributed by atoms with Crippen LogP contribution in [-0.2, 0) is 13.1 Å². The van der Waals surface area contributed by atoms with Crippen LogP contribution in [0.25, 0.3) is 0 Å². The number of nitro benzene ring substituents is 1. The van der Waals surface area contributed by atoms with E-state index in [4.69, 9.17) is 16.9 Å². The Balaban J connectivity index is 1.99. The summed E-state index contributed by atoms with van der Waals surface area (Å²) in [6.45, 7) is 1.06. The number of hydrogen-bond donors (Lipinski definition) is 1. The Hall–Kier alpha value is -2.42. The lowest BCUT2D eigenvalue weighted by Crippen LogP contribution is -2.12. The molecule has 1 N–H and O–H groups in total. The van der Waals surface area contributed by atoms with Gasteiger partial charge >= 0.3 is 0 Å². The fourth-order valence-electron chi connectivity index (χ4n) is 1.91. The van der Waals surface area contributed by atoms with Gasteiger partial charge in [-0.15, -0.1) is 0 Å². The molecule has 21 heavy (non-hydrogen) atoms. The van der Waals surface area contributed by atoms with Gasteiger partial charge in [-0.1, -0.05) is 29.8 Å². The van der Waals surface area contributed by atoms with Crippen LogP contribution in [0.3, 0.4) is 0 Å². The Morgan fingerprint density at radius 1 is 1.19 bits per heavy atom.